The number of pyridine rings is 1. The van der Waals surface area contributed by atoms with Crippen LogP contribution in [0.25, 0.3) is 0 Å². The summed E-state index contributed by atoms with van der Waals surface area (Å²) in [5, 5.41) is 13.0. The Morgan fingerprint density at radius 3 is 2.95 bits per heavy atom. The summed E-state index contributed by atoms with van der Waals surface area (Å²) in [6, 6.07) is 2.29. The van der Waals surface area contributed by atoms with Crippen LogP contribution in [0.4, 0.5) is 4.79 Å². The number of hydrogen-bond donors (Lipinski definition) is 3. The maximum absolute atomic E-state index is 11.0. The third-order valence-corrected chi connectivity index (χ3v) is 3.27. The Hall–Kier alpha value is -2.44. The van der Waals surface area contributed by atoms with Crippen molar-refractivity contribution >= 4 is 17.7 Å². The molecule has 0 radical (unpaired) electrons. The predicted octanol–water partition coefficient (Wildman–Crippen LogP) is 1.46. The summed E-state index contributed by atoms with van der Waals surface area (Å²) in [7, 11) is 0. The normalized spacial score (nSPS) is 20.6. The van der Waals surface area contributed by atoms with E-state index in [1.54, 1.807) is 6.07 Å². The molecule has 20 heavy (non-hydrogen) atoms. The zero-order valence-corrected chi connectivity index (χ0v) is 10.9. The highest BCUT2D eigenvalue weighted by atomic mass is 16.4. The minimum absolute atomic E-state index is 0.0742. The molecule has 1 unspecified atom stereocenters. The van der Waals surface area contributed by atoms with Crippen LogP contribution in [0.1, 0.15) is 47.7 Å². The monoisotopic (exact) mass is 276 g/mol. The molecule has 0 saturated heterocycles. The largest absolute Gasteiger partial charge is 0.478 e. The van der Waals surface area contributed by atoms with Crippen LogP contribution in [0.3, 0.4) is 0 Å². The van der Waals surface area contributed by atoms with Gasteiger partial charge in [-0.3, -0.25) is 4.98 Å². The van der Waals surface area contributed by atoms with Gasteiger partial charge in [-0.05, 0) is 31.4 Å². The summed E-state index contributed by atoms with van der Waals surface area (Å²) < 4.78 is 0. The van der Waals surface area contributed by atoms with Gasteiger partial charge in [0.25, 0.3) is 0 Å². The Kier molecular flexibility index (Phi) is 4.29. The Morgan fingerprint density at radius 1 is 1.45 bits per heavy atom. The van der Waals surface area contributed by atoms with Crippen molar-refractivity contribution in [3.8, 4) is 0 Å². The zero-order chi connectivity index (χ0) is 14.5. The first-order valence-electron chi connectivity index (χ1n) is 6.39. The number of aromatic nitrogens is 1. The fraction of sp³-hybridized carbons (Fsp3) is 0.385. The molecule has 2 rings (SSSR count). The maximum atomic E-state index is 11.0. The molecule has 1 aromatic heterocycles. The van der Waals surface area contributed by atoms with Crippen LogP contribution in [0, 0.1) is 0 Å². The van der Waals surface area contributed by atoms with E-state index in [-0.39, 0.29) is 11.5 Å². The van der Waals surface area contributed by atoms with Gasteiger partial charge in [-0.15, -0.1) is 0 Å². The van der Waals surface area contributed by atoms with Gasteiger partial charge in [-0.25, -0.2) is 15.0 Å². The van der Waals surface area contributed by atoms with Crippen LogP contribution < -0.4 is 11.2 Å². The highest BCUT2D eigenvalue weighted by molar-refractivity contribution is 5.93. The number of carboxylic acid groups (broad SMARTS) is 1. The van der Waals surface area contributed by atoms with E-state index in [0.29, 0.717) is 5.69 Å². The lowest BCUT2D eigenvalue weighted by molar-refractivity contribution is 0.0696. The van der Waals surface area contributed by atoms with Crippen molar-refractivity contribution in [2.24, 2.45) is 10.8 Å². The fourth-order valence-electron chi connectivity index (χ4n) is 2.35. The molecule has 7 nitrogen and oxygen atoms in total. The number of hydrazone groups is 1. The maximum Gasteiger partial charge on any atom is 0.335 e. The van der Waals surface area contributed by atoms with E-state index in [4.69, 9.17) is 10.8 Å². The number of urea groups is 1. The number of carbonyl (C=O) groups is 2. The number of hydrogen-bond acceptors (Lipinski definition) is 4. The number of rotatable bonds is 3. The number of carboxylic acids is 1. The summed E-state index contributed by atoms with van der Waals surface area (Å²) in [6.07, 6.45) is 5.04. The molecule has 0 aliphatic heterocycles. The molecule has 0 bridgehead atoms. The second-order valence-electron chi connectivity index (χ2n) is 4.65. The summed E-state index contributed by atoms with van der Waals surface area (Å²) in [6.45, 7) is 0. The summed E-state index contributed by atoms with van der Waals surface area (Å²) in [4.78, 5) is 26.0. The van der Waals surface area contributed by atoms with E-state index in [0.717, 1.165) is 31.4 Å². The number of nitrogens with zero attached hydrogens (tertiary/aromatic N) is 2. The Labute approximate surface area is 115 Å². The molecule has 2 amide bonds. The smallest absolute Gasteiger partial charge is 0.335 e. The van der Waals surface area contributed by atoms with E-state index < -0.39 is 12.0 Å². The van der Waals surface area contributed by atoms with Crippen LogP contribution in [-0.2, 0) is 0 Å². The topological polar surface area (TPSA) is 118 Å². The van der Waals surface area contributed by atoms with Gasteiger partial charge in [0, 0.05) is 23.5 Å². The third-order valence-electron chi connectivity index (χ3n) is 3.27. The van der Waals surface area contributed by atoms with Gasteiger partial charge in [0.05, 0.1) is 5.56 Å². The van der Waals surface area contributed by atoms with Crippen molar-refractivity contribution in [2.75, 3.05) is 0 Å². The van der Waals surface area contributed by atoms with E-state index in [9.17, 15) is 9.59 Å². The van der Waals surface area contributed by atoms with Crippen molar-refractivity contribution in [3.63, 3.8) is 0 Å². The van der Waals surface area contributed by atoms with Gasteiger partial charge in [0.1, 0.15) is 0 Å². The van der Waals surface area contributed by atoms with Crippen molar-refractivity contribution in [3.05, 3.63) is 29.6 Å². The van der Waals surface area contributed by atoms with Crippen LogP contribution in [0.5, 0.6) is 0 Å². The van der Waals surface area contributed by atoms with E-state index >= 15 is 0 Å². The molecule has 1 heterocycles. The number of amides is 2. The second-order valence-corrected chi connectivity index (χ2v) is 4.65. The number of carbonyl (C=O) groups excluding carboxylic acids is 1. The molecular weight excluding hydrogens is 260 g/mol. The molecule has 1 aliphatic rings. The first kappa shape index (κ1) is 14.0. The average molecular weight is 276 g/mol. The van der Waals surface area contributed by atoms with E-state index in [1.165, 1.54) is 12.3 Å². The highest BCUT2D eigenvalue weighted by Crippen LogP contribution is 2.30. The number of nitrogens with two attached hydrogens (primary N) is 1. The Balaban J connectivity index is 2.27. The van der Waals surface area contributed by atoms with Crippen molar-refractivity contribution < 1.29 is 14.7 Å². The third kappa shape index (κ3) is 3.31. The Morgan fingerprint density at radius 2 is 2.25 bits per heavy atom. The lowest BCUT2D eigenvalue weighted by Crippen LogP contribution is -2.28. The van der Waals surface area contributed by atoms with E-state index in [1.807, 2.05) is 0 Å². The van der Waals surface area contributed by atoms with Gasteiger partial charge < -0.3 is 10.8 Å². The molecular formula is C13H16N4O3. The predicted molar refractivity (Wildman–Crippen MR) is 72.6 cm³/mol. The van der Waals surface area contributed by atoms with Gasteiger partial charge in [-0.1, -0.05) is 6.42 Å². The van der Waals surface area contributed by atoms with Crippen molar-refractivity contribution in [1.29, 1.82) is 0 Å². The number of nitrogens with one attached hydrogen (secondary N) is 1. The molecule has 1 aliphatic carbocycles. The first-order valence-corrected chi connectivity index (χ1v) is 6.39. The van der Waals surface area contributed by atoms with Gasteiger partial charge in [0.15, 0.2) is 0 Å². The molecule has 1 atom stereocenters. The summed E-state index contributed by atoms with van der Waals surface area (Å²) in [5.41, 5.74) is 8.88. The molecule has 1 fully saturated rings. The minimum atomic E-state index is -0.988. The Bertz CT molecular complexity index is 556. The van der Waals surface area contributed by atoms with Crippen LogP contribution >= 0.6 is 0 Å². The lowest BCUT2D eigenvalue weighted by Gasteiger charge is -2.23. The quantitative estimate of drug-likeness (QED) is 0.724. The van der Waals surface area contributed by atoms with Crippen LogP contribution in [-0.4, -0.2) is 27.8 Å². The number of aromatic carboxylic acids is 1. The average Bonchev–Trinajstić information content (AvgIpc) is 2.45. The molecule has 4 N–H and O–H groups in total. The zero-order valence-electron chi connectivity index (χ0n) is 10.9. The van der Waals surface area contributed by atoms with Crippen molar-refractivity contribution in [1.82, 2.24) is 10.4 Å². The summed E-state index contributed by atoms with van der Waals surface area (Å²) in [5.74, 6) is -1.06. The minimum Gasteiger partial charge on any atom is -0.478 e. The highest BCUT2D eigenvalue weighted by Gasteiger charge is 2.24. The molecule has 106 valence electrons. The van der Waals surface area contributed by atoms with Crippen LogP contribution in [0.2, 0.25) is 0 Å². The summed E-state index contributed by atoms with van der Waals surface area (Å²) >= 11 is 0. The first-order chi connectivity index (χ1) is 9.58. The molecule has 1 aromatic rings. The van der Waals surface area contributed by atoms with Crippen LogP contribution in [0.15, 0.2) is 23.4 Å². The van der Waals surface area contributed by atoms with E-state index in [2.05, 4.69) is 15.5 Å². The number of primary amides is 1. The second kappa shape index (κ2) is 6.14. The van der Waals surface area contributed by atoms with Gasteiger partial charge in [-0.2, -0.15) is 5.10 Å². The fourth-order valence-corrected chi connectivity index (χ4v) is 2.35. The molecule has 0 spiro atoms. The van der Waals surface area contributed by atoms with Gasteiger partial charge in [0.2, 0.25) is 0 Å². The molecule has 1 saturated carbocycles. The van der Waals surface area contributed by atoms with Gasteiger partial charge >= 0.3 is 12.0 Å². The molecule has 0 aromatic carbocycles. The SMILES string of the molecule is NC(=O)N/N=C1/CCCCC1c1cc(C(=O)O)ccn1. The lowest BCUT2D eigenvalue weighted by atomic mass is 9.84. The van der Waals surface area contributed by atoms with Crippen molar-refractivity contribution in [2.45, 2.75) is 31.6 Å². The molecule has 7 heteroatoms. The standard InChI is InChI=1S/C13H16N4O3/c14-13(20)17-16-10-4-2-1-3-9(10)11-7-8(12(18)19)5-6-15-11/h5-7,9H,1-4H2,(H,18,19)(H3,14,17,20)/b16-10-.